The second-order valence-electron chi connectivity index (χ2n) is 11.7. The Bertz CT molecular complexity index is 1140. The third-order valence-corrected chi connectivity index (χ3v) is 9.02. The second kappa shape index (κ2) is 13.5. The molecular weight excluding hydrogens is 502 g/mol. The molecule has 0 radical (unpaired) electrons. The van der Waals surface area contributed by atoms with Crippen LogP contribution in [0.15, 0.2) is 48.5 Å². The van der Waals surface area contributed by atoms with E-state index in [9.17, 15) is 9.59 Å². The van der Waals surface area contributed by atoms with Crippen molar-refractivity contribution in [2.45, 2.75) is 57.8 Å². The van der Waals surface area contributed by atoms with E-state index in [0.717, 1.165) is 63.2 Å². The summed E-state index contributed by atoms with van der Waals surface area (Å²) < 4.78 is 12.1. The molecule has 2 aromatic carbocycles. The first kappa shape index (κ1) is 28.5. The van der Waals surface area contributed by atoms with Crippen molar-refractivity contribution in [2.24, 2.45) is 5.41 Å². The molecule has 216 valence electrons. The number of likely N-dealkylation sites (N-methyl/N-ethyl adjacent to an activating group) is 1. The minimum Gasteiger partial charge on any atom is -0.492 e. The molecule has 2 amide bonds. The highest BCUT2D eigenvalue weighted by atomic mass is 16.5. The van der Waals surface area contributed by atoms with E-state index in [1.165, 1.54) is 18.4 Å². The van der Waals surface area contributed by atoms with Crippen molar-refractivity contribution in [3.05, 3.63) is 59.7 Å². The zero-order valence-corrected chi connectivity index (χ0v) is 24.1. The van der Waals surface area contributed by atoms with Crippen LogP contribution >= 0.6 is 0 Å². The van der Waals surface area contributed by atoms with E-state index in [2.05, 4.69) is 17.0 Å². The van der Waals surface area contributed by atoms with Gasteiger partial charge in [-0.05, 0) is 87.9 Å². The lowest BCUT2D eigenvalue weighted by Gasteiger charge is -2.42. The van der Waals surface area contributed by atoms with Gasteiger partial charge in [-0.2, -0.15) is 0 Å². The predicted molar refractivity (Wildman–Crippen MR) is 157 cm³/mol. The number of ether oxygens (including phenoxy) is 2. The Balaban J connectivity index is 1.18. The van der Waals surface area contributed by atoms with Gasteiger partial charge in [-0.3, -0.25) is 14.5 Å². The fourth-order valence-corrected chi connectivity index (χ4v) is 6.51. The Labute approximate surface area is 239 Å². The lowest BCUT2D eigenvalue weighted by molar-refractivity contribution is -0.144. The molecule has 0 bridgehead atoms. The van der Waals surface area contributed by atoms with Gasteiger partial charge >= 0.3 is 0 Å². The van der Waals surface area contributed by atoms with Gasteiger partial charge in [0.05, 0.1) is 12.0 Å². The van der Waals surface area contributed by atoms with Crippen LogP contribution in [0.4, 0.5) is 0 Å². The Hall–Kier alpha value is -3.06. The molecule has 40 heavy (non-hydrogen) atoms. The molecule has 5 rings (SSSR count). The first-order valence-corrected chi connectivity index (χ1v) is 15.2. The van der Waals surface area contributed by atoms with Gasteiger partial charge in [-0.1, -0.05) is 37.1 Å². The van der Waals surface area contributed by atoms with Crippen LogP contribution in [0.3, 0.4) is 0 Å². The predicted octanol–water partition coefficient (Wildman–Crippen LogP) is 5.04. The van der Waals surface area contributed by atoms with Gasteiger partial charge < -0.3 is 19.3 Å². The molecule has 0 aromatic heterocycles. The molecule has 0 N–H and O–H groups in total. The summed E-state index contributed by atoms with van der Waals surface area (Å²) in [6, 6.07) is 15.8. The fraction of sp³-hybridized carbons (Fsp3) is 0.576. The van der Waals surface area contributed by atoms with E-state index < -0.39 is 5.41 Å². The van der Waals surface area contributed by atoms with Gasteiger partial charge in [-0.15, -0.1) is 0 Å². The molecule has 3 aliphatic rings. The van der Waals surface area contributed by atoms with E-state index in [1.54, 1.807) is 0 Å². The van der Waals surface area contributed by atoms with E-state index in [-0.39, 0.29) is 11.8 Å². The monoisotopic (exact) mass is 547 g/mol. The number of fused-ring (bicyclic) bond motifs is 1. The normalized spacial score (nSPS) is 20.7. The number of rotatable bonds is 5. The smallest absolute Gasteiger partial charge is 0.253 e. The molecule has 0 aliphatic carbocycles. The molecule has 7 nitrogen and oxygen atoms in total. The molecule has 7 heteroatoms. The highest BCUT2D eigenvalue weighted by molar-refractivity contribution is 5.95. The lowest BCUT2D eigenvalue weighted by atomic mass is 9.73. The summed E-state index contributed by atoms with van der Waals surface area (Å²) >= 11 is 0. The molecule has 3 aliphatic heterocycles. The highest BCUT2D eigenvalue weighted by Gasteiger charge is 2.43. The topological polar surface area (TPSA) is 62.3 Å². The highest BCUT2D eigenvalue weighted by Crippen LogP contribution is 2.39. The average molecular weight is 548 g/mol. The molecule has 0 atom stereocenters. The first-order valence-electron chi connectivity index (χ1n) is 15.2. The van der Waals surface area contributed by atoms with Gasteiger partial charge in [-0.25, -0.2) is 0 Å². The van der Waals surface area contributed by atoms with Gasteiger partial charge in [0, 0.05) is 32.2 Å². The number of benzene rings is 2. The summed E-state index contributed by atoms with van der Waals surface area (Å²) in [5.41, 5.74) is 1.50. The Kier molecular flexibility index (Phi) is 9.63. The molecule has 1 spiro atoms. The Morgan fingerprint density at radius 3 is 2.52 bits per heavy atom. The van der Waals surface area contributed by atoms with Crippen LogP contribution in [0, 0.1) is 5.41 Å². The maximum absolute atomic E-state index is 13.8. The van der Waals surface area contributed by atoms with E-state index >= 15 is 0 Å². The number of likely N-dealkylation sites (tertiary alicyclic amines) is 2. The van der Waals surface area contributed by atoms with Crippen molar-refractivity contribution < 1.29 is 19.1 Å². The van der Waals surface area contributed by atoms with Crippen LogP contribution in [0.1, 0.15) is 67.3 Å². The van der Waals surface area contributed by atoms with Gasteiger partial charge in [0.2, 0.25) is 5.91 Å². The SMILES string of the molecule is CN1CCOc2ccccc2CCCCCC2(CCN(C(=O)c3cccc(OCCN4CCCC4)c3)CC2)C1=O. The van der Waals surface area contributed by atoms with Crippen LogP contribution < -0.4 is 9.47 Å². The van der Waals surface area contributed by atoms with E-state index in [4.69, 9.17) is 9.47 Å². The van der Waals surface area contributed by atoms with E-state index in [0.29, 0.717) is 51.3 Å². The largest absolute Gasteiger partial charge is 0.492 e. The van der Waals surface area contributed by atoms with Crippen LogP contribution in [-0.4, -0.2) is 86.0 Å². The Morgan fingerprint density at radius 2 is 1.70 bits per heavy atom. The van der Waals surface area contributed by atoms with Crippen molar-refractivity contribution in [3.63, 3.8) is 0 Å². The number of aryl methyl sites for hydroxylation is 1. The molecule has 3 heterocycles. The summed E-state index contributed by atoms with van der Waals surface area (Å²) in [4.78, 5) is 33.5. The van der Waals surface area contributed by atoms with Crippen molar-refractivity contribution >= 4 is 11.8 Å². The zero-order chi connectivity index (χ0) is 27.8. The zero-order valence-electron chi connectivity index (χ0n) is 24.1. The quantitative estimate of drug-likeness (QED) is 0.525. The summed E-state index contributed by atoms with van der Waals surface area (Å²) in [6.45, 7) is 6.10. The summed E-state index contributed by atoms with van der Waals surface area (Å²) in [5, 5.41) is 0. The third kappa shape index (κ3) is 6.98. The maximum atomic E-state index is 13.8. The number of hydrogen-bond acceptors (Lipinski definition) is 5. The summed E-state index contributed by atoms with van der Waals surface area (Å²) in [6.07, 6.45) is 9.01. The van der Waals surface area contributed by atoms with Crippen LogP contribution in [-0.2, 0) is 11.2 Å². The van der Waals surface area contributed by atoms with Crippen molar-refractivity contribution in [3.8, 4) is 11.5 Å². The second-order valence-corrected chi connectivity index (χ2v) is 11.7. The fourth-order valence-electron chi connectivity index (χ4n) is 6.51. The minimum atomic E-state index is -0.410. The molecule has 2 saturated heterocycles. The molecular formula is C33H45N3O4. The number of hydrogen-bond donors (Lipinski definition) is 0. The van der Waals surface area contributed by atoms with Gasteiger partial charge in [0.15, 0.2) is 0 Å². The molecule has 0 unspecified atom stereocenters. The van der Waals surface area contributed by atoms with Crippen molar-refractivity contribution in [1.29, 1.82) is 0 Å². The summed E-state index contributed by atoms with van der Waals surface area (Å²) in [5.74, 6) is 1.90. The van der Waals surface area contributed by atoms with Crippen LogP contribution in [0.5, 0.6) is 11.5 Å². The van der Waals surface area contributed by atoms with Gasteiger partial charge in [0.25, 0.3) is 5.91 Å². The summed E-state index contributed by atoms with van der Waals surface area (Å²) in [7, 11) is 1.89. The number of piperidine rings is 1. The number of nitrogens with zero attached hydrogens (tertiary/aromatic N) is 3. The van der Waals surface area contributed by atoms with Crippen LogP contribution in [0.25, 0.3) is 0 Å². The maximum Gasteiger partial charge on any atom is 0.253 e. The standard InChI is InChI=1S/C33H45N3O4/c1-34-22-24-40-30-14-5-4-11-27(30)10-3-2-6-15-33(32(34)38)16-20-36(21-17-33)31(37)28-12-9-13-29(26-28)39-25-23-35-18-7-8-19-35/h4-5,9,11-14,26H,2-3,6-8,10,15-25H2,1H3. The van der Waals surface area contributed by atoms with Gasteiger partial charge in [0.1, 0.15) is 24.7 Å². The van der Waals surface area contributed by atoms with Crippen LogP contribution in [0.2, 0.25) is 0 Å². The lowest BCUT2D eigenvalue weighted by Crippen LogP contribution is -2.51. The number of para-hydroxylation sites is 1. The van der Waals surface area contributed by atoms with Crippen molar-refractivity contribution in [1.82, 2.24) is 14.7 Å². The first-order chi connectivity index (χ1) is 19.5. The molecule has 2 fully saturated rings. The van der Waals surface area contributed by atoms with E-state index in [1.807, 2.05) is 53.2 Å². The molecule has 0 saturated carbocycles. The Morgan fingerprint density at radius 1 is 0.900 bits per heavy atom. The minimum absolute atomic E-state index is 0.0245. The number of amides is 2. The molecule has 2 aromatic rings. The number of carbonyl (C=O) groups excluding carboxylic acids is 2. The number of carbonyl (C=O) groups is 2. The average Bonchev–Trinajstić information content (AvgIpc) is 3.51. The third-order valence-electron chi connectivity index (χ3n) is 9.02. The van der Waals surface area contributed by atoms with Crippen molar-refractivity contribution in [2.75, 3.05) is 59.5 Å².